The van der Waals surface area contributed by atoms with Gasteiger partial charge in [-0.15, -0.1) is 13.2 Å². The van der Waals surface area contributed by atoms with E-state index in [4.69, 9.17) is 10.5 Å². The Kier molecular flexibility index (Phi) is 4.58. The Morgan fingerprint density at radius 3 is 2.47 bits per heavy atom. The first kappa shape index (κ1) is 14.0. The highest BCUT2D eigenvalue weighted by Gasteiger charge is 2.28. The summed E-state index contributed by atoms with van der Waals surface area (Å²) in [5, 5.41) is 0. The summed E-state index contributed by atoms with van der Waals surface area (Å²) in [6.45, 7) is -1.08. The standard InChI is InChI=1S/C9H8BrF4NO2/c10-5-3-7(15)8(4-6(5)11)16-1-2-17-9(12,13)14/h3-4H,1-2,15H2. The molecule has 8 heteroatoms. The van der Waals surface area contributed by atoms with E-state index < -0.39 is 18.8 Å². The van der Waals surface area contributed by atoms with E-state index in [-0.39, 0.29) is 22.5 Å². The van der Waals surface area contributed by atoms with Crippen LogP contribution in [0, 0.1) is 5.82 Å². The van der Waals surface area contributed by atoms with Gasteiger partial charge in [-0.1, -0.05) is 0 Å². The van der Waals surface area contributed by atoms with Crippen LogP contribution in [0.5, 0.6) is 5.75 Å². The highest BCUT2D eigenvalue weighted by molar-refractivity contribution is 9.10. The monoisotopic (exact) mass is 317 g/mol. The van der Waals surface area contributed by atoms with Crippen LogP contribution in [0.1, 0.15) is 0 Å². The van der Waals surface area contributed by atoms with Crippen molar-refractivity contribution < 1.29 is 27.0 Å². The second kappa shape index (κ2) is 5.54. The van der Waals surface area contributed by atoms with Crippen molar-refractivity contribution in [2.75, 3.05) is 18.9 Å². The van der Waals surface area contributed by atoms with E-state index in [2.05, 4.69) is 20.7 Å². The summed E-state index contributed by atoms with van der Waals surface area (Å²) in [5.41, 5.74) is 5.59. The molecule has 0 fully saturated rings. The quantitative estimate of drug-likeness (QED) is 0.527. The van der Waals surface area contributed by atoms with Gasteiger partial charge in [-0.3, -0.25) is 4.74 Å². The predicted molar refractivity (Wildman–Crippen MR) is 56.0 cm³/mol. The van der Waals surface area contributed by atoms with Crippen LogP contribution >= 0.6 is 15.9 Å². The fourth-order valence-electron chi connectivity index (χ4n) is 0.978. The molecule has 1 aromatic rings. The molecule has 1 aromatic carbocycles. The number of hydrogen-bond acceptors (Lipinski definition) is 3. The summed E-state index contributed by atoms with van der Waals surface area (Å²) in [6.07, 6.45) is -4.71. The molecular formula is C9H8BrF4NO2. The second-order valence-electron chi connectivity index (χ2n) is 2.95. The molecule has 0 aliphatic heterocycles. The minimum absolute atomic E-state index is 0.0310. The third-order valence-corrected chi connectivity index (χ3v) is 2.27. The fraction of sp³-hybridized carbons (Fsp3) is 0.333. The van der Waals surface area contributed by atoms with E-state index in [0.29, 0.717) is 0 Å². The number of halogens is 5. The van der Waals surface area contributed by atoms with E-state index in [1.54, 1.807) is 0 Å². The lowest BCUT2D eigenvalue weighted by molar-refractivity contribution is -0.325. The summed E-state index contributed by atoms with van der Waals surface area (Å²) >= 11 is 2.90. The van der Waals surface area contributed by atoms with Gasteiger partial charge in [0.2, 0.25) is 0 Å². The van der Waals surface area contributed by atoms with Gasteiger partial charge in [-0.05, 0) is 22.0 Å². The van der Waals surface area contributed by atoms with Gasteiger partial charge in [-0.2, -0.15) is 0 Å². The van der Waals surface area contributed by atoms with Crippen molar-refractivity contribution in [2.24, 2.45) is 0 Å². The molecule has 2 N–H and O–H groups in total. The van der Waals surface area contributed by atoms with Crippen molar-refractivity contribution in [3.63, 3.8) is 0 Å². The molecule has 0 bridgehead atoms. The normalized spacial score (nSPS) is 11.6. The Morgan fingerprint density at radius 1 is 1.24 bits per heavy atom. The molecular weight excluding hydrogens is 310 g/mol. The first-order chi connectivity index (χ1) is 7.79. The molecule has 1 rings (SSSR count). The Bertz CT molecular complexity index is 397. The van der Waals surface area contributed by atoms with Crippen LogP contribution < -0.4 is 10.5 Å². The van der Waals surface area contributed by atoms with Crippen LogP contribution in [0.3, 0.4) is 0 Å². The Balaban J connectivity index is 2.50. The molecule has 0 aromatic heterocycles. The highest BCUT2D eigenvalue weighted by atomic mass is 79.9. The summed E-state index contributed by atoms with van der Waals surface area (Å²) in [5.74, 6) is -0.651. The molecule has 17 heavy (non-hydrogen) atoms. The zero-order valence-electron chi connectivity index (χ0n) is 8.35. The maximum absolute atomic E-state index is 13.1. The van der Waals surface area contributed by atoms with Gasteiger partial charge < -0.3 is 10.5 Å². The van der Waals surface area contributed by atoms with Gasteiger partial charge in [0.1, 0.15) is 18.2 Å². The van der Waals surface area contributed by atoms with E-state index in [1.165, 1.54) is 6.07 Å². The molecule has 0 heterocycles. The largest absolute Gasteiger partial charge is 0.522 e. The topological polar surface area (TPSA) is 44.5 Å². The Hall–Kier alpha value is -1.02. The van der Waals surface area contributed by atoms with Crippen molar-refractivity contribution >= 4 is 21.6 Å². The molecule has 0 saturated heterocycles. The molecule has 0 amide bonds. The lowest BCUT2D eigenvalue weighted by atomic mass is 10.3. The first-order valence-electron chi connectivity index (χ1n) is 4.37. The lowest BCUT2D eigenvalue weighted by Crippen LogP contribution is -2.18. The van der Waals surface area contributed by atoms with Crippen LogP contribution in [0.15, 0.2) is 16.6 Å². The van der Waals surface area contributed by atoms with Crippen LogP contribution in [-0.2, 0) is 4.74 Å². The zero-order chi connectivity index (χ0) is 13.1. The number of benzene rings is 1. The third-order valence-electron chi connectivity index (χ3n) is 1.66. The van der Waals surface area contributed by atoms with Crippen LogP contribution in [0.2, 0.25) is 0 Å². The van der Waals surface area contributed by atoms with Crippen LogP contribution in [-0.4, -0.2) is 19.6 Å². The number of rotatable bonds is 4. The molecule has 0 spiro atoms. The summed E-state index contributed by atoms with van der Waals surface area (Å²) in [6, 6.07) is 2.24. The maximum Gasteiger partial charge on any atom is 0.522 e. The highest BCUT2D eigenvalue weighted by Crippen LogP contribution is 2.28. The first-order valence-corrected chi connectivity index (χ1v) is 5.17. The maximum atomic E-state index is 13.1. The summed E-state index contributed by atoms with van der Waals surface area (Å²) in [7, 11) is 0. The van der Waals surface area contributed by atoms with E-state index in [1.807, 2.05) is 0 Å². The van der Waals surface area contributed by atoms with Gasteiger partial charge in [0.05, 0.1) is 16.8 Å². The predicted octanol–water partition coefficient (Wildman–Crippen LogP) is 3.09. The lowest BCUT2D eigenvalue weighted by Gasteiger charge is -2.11. The summed E-state index contributed by atoms with van der Waals surface area (Å²) in [4.78, 5) is 0. The Labute approximate surface area is 103 Å². The van der Waals surface area contributed by atoms with Gasteiger partial charge in [0.25, 0.3) is 0 Å². The van der Waals surface area contributed by atoms with Gasteiger partial charge >= 0.3 is 6.36 Å². The van der Waals surface area contributed by atoms with E-state index in [0.717, 1.165) is 6.07 Å². The van der Waals surface area contributed by atoms with E-state index >= 15 is 0 Å². The molecule has 0 saturated carbocycles. The molecule has 0 aliphatic rings. The minimum Gasteiger partial charge on any atom is -0.489 e. The number of hydrogen-bond donors (Lipinski definition) is 1. The third kappa shape index (κ3) is 4.78. The van der Waals surface area contributed by atoms with Crippen LogP contribution in [0.25, 0.3) is 0 Å². The summed E-state index contributed by atoms with van der Waals surface area (Å²) < 4.78 is 56.4. The molecule has 0 radical (unpaired) electrons. The molecule has 0 atom stereocenters. The molecule has 0 unspecified atom stereocenters. The zero-order valence-corrected chi connectivity index (χ0v) is 9.94. The average Bonchev–Trinajstić information content (AvgIpc) is 2.18. The van der Waals surface area contributed by atoms with Crippen molar-refractivity contribution in [3.05, 3.63) is 22.4 Å². The number of anilines is 1. The van der Waals surface area contributed by atoms with Crippen molar-refractivity contribution in [1.29, 1.82) is 0 Å². The molecule has 0 aliphatic carbocycles. The SMILES string of the molecule is Nc1cc(Br)c(F)cc1OCCOC(F)(F)F. The molecule has 96 valence electrons. The van der Waals surface area contributed by atoms with Gasteiger partial charge in [0.15, 0.2) is 0 Å². The van der Waals surface area contributed by atoms with Gasteiger partial charge in [-0.25, -0.2) is 4.39 Å². The number of ether oxygens (including phenoxy) is 2. The van der Waals surface area contributed by atoms with E-state index in [9.17, 15) is 17.6 Å². The molecule has 3 nitrogen and oxygen atoms in total. The smallest absolute Gasteiger partial charge is 0.489 e. The van der Waals surface area contributed by atoms with Crippen molar-refractivity contribution in [3.8, 4) is 5.75 Å². The van der Waals surface area contributed by atoms with Gasteiger partial charge in [0, 0.05) is 6.07 Å². The number of nitrogen functional groups attached to an aromatic ring is 1. The fourth-order valence-corrected chi connectivity index (χ4v) is 1.34. The number of nitrogens with two attached hydrogens (primary N) is 1. The second-order valence-corrected chi connectivity index (χ2v) is 3.80. The van der Waals surface area contributed by atoms with Crippen LogP contribution in [0.4, 0.5) is 23.2 Å². The minimum atomic E-state index is -4.71. The van der Waals surface area contributed by atoms with Crippen molar-refractivity contribution in [2.45, 2.75) is 6.36 Å². The number of alkyl halides is 3. The Morgan fingerprint density at radius 2 is 1.88 bits per heavy atom. The average molecular weight is 318 g/mol. The van der Waals surface area contributed by atoms with Crippen molar-refractivity contribution in [1.82, 2.24) is 0 Å².